The third kappa shape index (κ3) is 5.77. The molecule has 2 heterocycles. The third-order valence-corrected chi connectivity index (χ3v) is 6.82. The highest BCUT2D eigenvalue weighted by molar-refractivity contribution is 5.79. The SMILES string of the molecule is CC(C=Cc1cc(-c2ccccc2)[o+]c(-c2ccccc2)c1)=C1C=C(c2ccccc2)OC(c2ccccc2)=C1. The van der Waals surface area contributed by atoms with Crippen LogP contribution in [0.3, 0.4) is 0 Å². The van der Waals surface area contributed by atoms with E-state index < -0.39 is 0 Å². The van der Waals surface area contributed by atoms with Gasteiger partial charge in [-0.25, -0.2) is 4.42 Å². The zero-order valence-electron chi connectivity index (χ0n) is 22.3. The molecule has 0 N–H and O–H groups in total. The van der Waals surface area contributed by atoms with E-state index in [0.717, 1.165) is 62.0 Å². The Labute approximate surface area is 235 Å². The highest BCUT2D eigenvalue weighted by atomic mass is 16.5. The predicted molar refractivity (Wildman–Crippen MR) is 166 cm³/mol. The molecule has 192 valence electrons. The molecule has 2 heteroatoms. The van der Waals surface area contributed by atoms with Crippen molar-refractivity contribution in [3.63, 3.8) is 0 Å². The van der Waals surface area contributed by atoms with Crippen LogP contribution in [0.2, 0.25) is 0 Å². The van der Waals surface area contributed by atoms with E-state index in [-0.39, 0.29) is 0 Å². The summed E-state index contributed by atoms with van der Waals surface area (Å²) < 4.78 is 12.7. The first kappa shape index (κ1) is 25.1. The Morgan fingerprint density at radius 1 is 0.550 bits per heavy atom. The molecule has 0 aliphatic carbocycles. The Morgan fingerprint density at radius 2 is 0.950 bits per heavy atom. The van der Waals surface area contributed by atoms with Gasteiger partial charge in [0.2, 0.25) is 0 Å². The van der Waals surface area contributed by atoms with Gasteiger partial charge in [0.1, 0.15) is 11.5 Å². The number of rotatable bonds is 6. The summed E-state index contributed by atoms with van der Waals surface area (Å²) in [5, 5.41) is 0. The molecule has 0 bridgehead atoms. The van der Waals surface area contributed by atoms with Gasteiger partial charge < -0.3 is 4.74 Å². The summed E-state index contributed by atoms with van der Waals surface area (Å²) in [6.45, 7) is 2.14. The number of allylic oxidation sites excluding steroid dienone is 5. The Hall–Kier alpha value is -5.21. The van der Waals surface area contributed by atoms with Gasteiger partial charge in [0.05, 0.1) is 23.3 Å². The van der Waals surface area contributed by atoms with Crippen LogP contribution in [0.15, 0.2) is 167 Å². The lowest BCUT2D eigenvalue weighted by Gasteiger charge is -2.19. The molecule has 1 aliphatic heterocycles. The van der Waals surface area contributed by atoms with Gasteiger partial charge in [-0.05, 0) is 60.1 Å². The monoisotopic (exact) mass is 517 g/mol. The Kier molecular flexibility index (Phi) is 7.32. The topological polar surface area (TPSA) is 20.5 Å². The zero-order chi connectivity index (χ0) is 27.1. The van der Waals surface area contributed by atoms with Crippen molar-refractivity contribution >= 4 is 17.6 Å². The van der Waals surface area contributed by atoms with Crippen LogP contribution in [0.1, 0.15) is 23.6 Å². The zero-order valence-corrected chi connectivity index (χ0v) is 22.3. The molecule has 0 unspecified atom stereocenters. The van der Waals surface area contributed by atoms with Gasteiger partial charge in [-0.1, -0.05) is 109 Å². The molecule has 4 aromatic carbocycles. The number of benzene rings is 4. The van der Waals surface area contributed by atoms with Crippen LogP contribution in [0.4, 0.5) is 0 Å². The van der Waals surface area contributed by atoms with Crippen molar-refractivity contribution in [1.29, 1.82) is 0 Å². The van der Waals surface area contributed by atoms with E-state index in [2.05, 4.69) is 91.9 Å². The molecule has 0 amide bonds. The van der Waals surface area contributed by atoms with E-state index in [4.69, 9.17) is 9.15 Å². The average molecular weight is 518 g/mol. The second kappa shape index (κ2) is 11.7. The van der Waals surface area contributed by atoms with Crippen LogP contribution in [0.25, 0.3) is 40.2 Å². The molecule has 6 rings (SSSR count). The number of hydrogen-bond acceptors (Lipinski definition) is 1. The molecule has 0 spiro atoms. The van der Waals surface area contributed by atoms with Gasteiger partial charge in [0.15, 0.2) is 0 Å². The van der Waals surface area contributed by atoms with Crippen LogP contribution in [0.5, 0.6) is 0 Å². The highest BCUT2D eigenvalue weighted by Crippen LogP contribution is 2.34. The first-order chi connectivity index (χ1) is 19.7. The Bertz CT molecular complexity index is 1610. The first-order valence-corrected chi connectivity index (χ1v) is 13.4. The number of hydrogen-bond donors (Lipinski definition) is 0. The Morgan fingerprint density at radius 3 is 1.38 bits per heavy atom. The van der Waals surface area contributed by atoms with E-state index in [1.807, 2.05) is 72.8 Å². The van der Waals surface area contributed by atoms with Crippen molar-refractivity contribution in [3.05, 3.63) is 180 Å². The second-order valence-corrected chi connectivity index (χ2v) is 9.67. The molecular weight excluding hydrogens is 488 g/mol. The van der Waals surface area contributed by atoms with Crippen molar-refractivity contribution in [3.8, 4) is 22.6 Å². The lowest BCUT2D eigenvalue weighted by atomic mass is 10.00. The van der Waals surface area contributed by atoms with Gasteiger partial charge in [-0.2, -0.15) is 0 Å². The van der Waals surface area contributed by atoms with Crippen LogP contribution in [-0.4, -0.2) is 0 Å². The summed E-state index contributed by atoms with van der Waals surface area (Å²) in [7, 11) is 0. The molecule has 0 fully saturated rings. The maximum absolute atomic E-state index is 6.38. The molecule has 0 saturated carbocycles. The van der Waals surface area contributed by atoms with Gasteiger partial charge in [-0.3, -0.25) is 0 Å². The van der Waals surface area contributed by atoms with Crippen molar-refractivity contribution in [2.24, 2.45) is 0 Å². The molecule has 1 aliphatic rings. The van der Waals surface area contributed by atoms with Crippen molar-refractivity contribution in [1.82, 2.24) is 0 Å². The summed E-state index contributed by atoms with van der Waals surface area (Å²) >= 11 is 0. The minimum Gasteiger partial charge on any atom is -0.456 e. The van der Waals surface area contributed by atoms with Gasteiger partial charge in [-0.15, -0.1) is 0 Å². The molecule has 5 aromatic rings. The minimum atomic E-state index is 0.829. The largest absolute Gasteiger partial charge is 0.456 e. The van der Waals surface area contributed by atoms with E-state index in [0.29, 0.717) is 0 Å². The molecule has 40 heavy (non-hydrogen) atoms. The normalized spacial score (nSPS) is 13.0. The fraction of sp³-hybridized carbons (Fsp3) is 0.0263. The molecule has 1 aromatic heterocycles. The first-order valence-electron chi connectivity index (χ1n) is 13.4. The lowest BCUT2D eigenvalue weighted by Crippen LogP contribution is -2.00. The van der Waals surface area contributed by atoms with Crippen LogP contribution < -0.4 is 0 Å². The van der Waals surface area contributed by atoms with Crippen molar-refractivity contribution < 1.29 is 9.15 Å². The average Bonchev–Trinajstić information content (AvgIpc) is 3.05. The fourth-order valence-corrected chi connectivity index (χ4v) is 4.64. The predicted octanol–water partition coefficient (Wildman–Crippen LogP) is 10.3. The quantitative estimate of drug-likeness (QED) is 0.209. The molecule has 0 atom stereocenters. The lowest BCUT2D eigenvalue weighted by molar-refractivity contribution is 0.466. The molecular formula is C38H29O2+. The second-order valence-electron chi connectivity index (χ2n) is 9.67. The van der Waals surface area contributed by atoms with Gasteiger partial charge >= 0.3 is 11.5 Å². The molecule has 0 radical (unpaired) electrons. The molecule has 2 nitrogen and oxygen atoms in total. The molecule has 0 saturated heterocycles. The van der Waals surface area contributed by atoms with E-state index in [9.17, 15) is 0 Å². The number of ether oxygens (including phenoxy) is 1. The van der Waals surface area contributed by atoms with Gasteiger partial charge in [0.25, 0.3) is 0 Å². The van der Waals surface area contributed by atoms with E-state index in [1.54, 1.807) is 0 Å². The third-order valence-electron chi connectivity index (χ3n) is 6.82. The van der Waals surface area contributed by atoms with Crippen LogP contribution in [0, 0.1) is 0 Å². The maximum Gasteiger partial charge on any atom is 0.361 e. The highest BCUT2D eigenvalue weighted by Gasteiger charge is 2.19. The summed E-state index contributed by atoms with van der Waals surface area (Å²) in [5.74, 6) is 3.33. The van der Waals surface area contributed by atoms with Crippen LogP contribution >= 0.6 is 0 Å². The fourth-order valence-electron chi connectivity index (χ4n) is 4.64. The van der Waals surface area contributed by atoms with E-state index >= 15 is 0 Å². The summed E-state index contributed by atoms with van der Waals surface area (Å²) in [5.41, 5.74) is 7.47. The van der Waals surface area contributed by atoms with Crippen LogP contribution in [-0.2, 0) is 4.74 Å². The Balaban J connectivity index is 1.41. The van der Waals surface area contributed by atoms with Crippen molar-refractivity contribution in [2.75, 3.05) is 0 Å². The standard InChI is InChI=1S/C38H29O2/c1-28(34-26-37(32-18-10-4-11-19-32)40-38(27-34)33-20-12-5-13-21-33)22-23-29-24-35(30-14-6-2-7-15-30)39-36(25-29)31-16-8-3-9-17-31/h2-27H,1H3/q+1. The van der Waals surface area contributed by atoms with Gasteiger partial charge in [0, 0.05) is 11.1 Å². The maximum atomic E-state index is 6.38. The van der Waals surface area contributed by atoms with E-state index in [1.165, 1.54) is 0 Å². The minimum absolute atomic E-state index is 0.829. The van der Waals surface area contributed by atoms with Crippen molar-refractivity contribution in [2.45, 2.75) is 6.92 Å². The summed E-state index contributed by atoms with van der Waals surface area (Å²) in [4.78, 5) is 0. The smallest absolute Gasteiger partial charge is 0.361 e. The summed E-state index contributed by atoms with van der Waals surface area (Å²) in [6, 6.07) is 45.1. The summed E-state index contributed by atoms with van der Waals surface area (Å²) in [6.07, 6.45) is 8.55.